The van der Waals surface area contributed by atoms with Crippen molar-refractivity contribution in [2.75, 3.05) is 49.6 Å². The fraction of sp³-hybridized carbons (Fsp3) is 0.385. The number of nitrogens with two attached hydrogens (primary N) is 1. The number of carbonyl (C=O) groups is 1. The van der Waals surface area contributed by atoms with E-state index in [4.69, 9.17) is 10.5 Å². The van der Waals surface area contributed by atoms with Gasteiger partial charge in [-0.1, -0.05) is 0 Å². The number of nitrogens with zero attached hydrogens (tertiary/aromatic N) is 7. The Morgan fingerprint density at radius 1 is 1.16 bits per heavy atom. The Bertz CT molecular complexity index is 1290. The summed E-state index contributed by atoms with van der Waals surface area (Å²) >= 11 is 0. The van der Waals surface area contributed by atoms with E-state index >= 15 is 0 Å². The molecule has 0 aliphatic carbocycles. The first-order valence-electron chi connectivity index (χ1n) is 12.4. The van der Waals surface area contributed by atoms with Gasteiger partial charge in [0.25, 0.3) is 0 Å². The smallest absolute Gasteiger partial charge is 0.227 e. The van der Waals surface area contributed by atoms with E-state index in [-0.39, 0.29) is 11.8 Å². The van der Waals surface area contributed by atoms with Gasteiger partial charge in [0.2, 0.25) is 11.9 Å². The number of amides is 1. The number of nitriles is 1. The van der Waals surface area contributed by atoms with Crippen molar-refractivity contribution in [3.8, 4) is 17.3 Å². The van der Waals surface area contributed by atoms with Crippen LogP contribution in [0.15, 0.2) is 42.9 Å². The van der Waals surface area contributed by atoms with Crippen LogP contribution in [0.2, 0.25) is 0 Å². The predicted molar refractivity (Wildman–Crippen MR) is 138 cm³/mol. The molecule has 2 fully saturated rings. The molecular weight excluding hydrogens is 470 g/mol. The fourth-order valence-electron chi connectivity index (χ4n) is 4.70. The highest BCUT2D eigenvalue weighted by Gasteiger charge is 2.26. The van der Waals surface area contributed by atoms with E-state index in [9.17, 15) is 10.1 Å². The summed E-state index contributed by atoms with van der Waals surface area (Å²) in [6, 6.07) is 9.78. The summed E-state index contributed by atoms with van der Waals surface area (Å²) in [6.45, 7) is 5.54. The lowest BCUT2D eigenvalue weighted by molar-refractivity contribution is -0.118. The van der Waals surface area contributed by atoms with Crippen molar-refractivity contribution in [1.82, 2.24) is 24.8 Å². The van der Waals surface area contributed by atoms with E-state index in [1.807, 2.05) is 17.0 Å². The van der Waals surface area contributed by atoms with Crippen LogP contribution < -0.4 is 16.0 Å². The van der Waals surface area contributed by atoms with Crippen LogP contribution in [0.4, 0.5) is 17.5 Å². The molecule has 5 rings (SSSR count). The first kappa shape index (κ1) is 24.5. The van der Waals surface area contributed by atoms with Gasteiger partial charge in [-0.25, -0.2) is 15.0 Å². The zero-order valence-electron chi connectivity index (χ0n) is 20.5. The standard InChI is InChI=1S/C26H29N9O2/c27-13-19-12-20(14-31-25(19)35-6-4-18(16-35)11-24(28)36)23-3-5-29-26(33-23)32-21-1-2-22(30-15-21)17-34-7-9-37-10-8-34/h1-3,5,12,14-15,18H,4,6-11,16-17H2,(H2,28,36)(H,29,32,33). The highest BCUT2D eigenvalue weighted by atomic mass is 16.5. The number of rotatable bonds is 8. The monoisotopic (exact) mass is 499 g/mol. The molecule has 190 valence electrons. The number of hydrogen-bond acceptors (Lipinski definition) is 10. The first-order chi connectivity index (χ1) is 18.1. The van der Waals surface area contributed by atoms with Crippen molar-refractivity contribution in [1.29, 1.82) is 5.26 Å². The lowest BCUT2D eigenvalue weighted by Crippen LogP contribution is -2.35. The van der Waals surface area contributed by atoms with Gasteiger partial charge in [0.15, 0.2) is 0 Å². The Morgan fingerprint density at radius 2 is 2.03 bits per heavy atom. The van der Waals surface area contributed by atoms with Crippen LogP contribution in [0.25, 0.3) is 11.3 Å². The molecule has 1 unspecified atom stereocenters. The molecule has 37 heavy (non-hydrogen) atoms. The summed E-state index contributed by atoms with van der Waals surface area (Å²) in [5, 5.41) is 13.0. The molecule has 2 aliphatic heterocycles. The molecule has 0 aromatic carbocycles. The number of carbonyl (C=O) groups excluding carboxylic acids is 1. The van der Waals surface area contributed by atoms with Gasteiger partial charge in [0.05, 0.1) is 42.0 Å². The van der Waals surface area contributed by atoms with Gasteiger partial charge >= 0.3 is 0 Å². The Hall–Kier alpha value is -4.14. The van der Waals surface area contributed by atoms with Gasteiger partial charge in [-0.05, 0) is 36.6 Å². The van der Waals surface area contributed by atoms with E-state index in [2.05, 4.69) is 36.2 Å². The second-order valence-electron chi connectivity index (χ2n) is 9.30. The van der Waals surface area contributed by atoms with Crippen LogP contribution >= 0.6 is 0 Å². The SMILES string of the molecule is N#Cc1cc(-c2ccnc(Nc3ccc(CN4CCOCC4)nc3)n2)cnc1N1CCC(CC(N)=O)C1. The summed E-state index contributed by atoms with van der Waals surface area (Å²) in [5.41, 5.74) is 8.96. The van der Waals surface area contributed by atoms with Crippen LogP contribution in [0.3, 0.4) is 0 Å². The summed E-state index contributed by atoms with van der Waals surface area (Å²) in [4.78, 5) is 33.7. The second-order valence-corrected chi connectivity index (χ2v) is 9.30. The van der Waals surface area contributed by atoms with Gasteiger partial charge < -0.3 is 20.7 Å². The summed E-state index contributed by atoms with van der Waals surface area (Å²) in [5.74, 6) is 0.929. The van der Waals surface area contributed by atoms with Crippen molar-refractivity contribution >= 4 is 23.4 Å². The maximum atomic E-state index is 11.3. The molecule has 3 aromatic rings. The Kier molecular flexibility index (Phi) is 7.49. The number of hydrogen-bond donors (Lipinski definition) is 2. The average molecular weight is 500 g/mol. The molecule has 2 aliphatic rings. The fourth-order valence-corrected chi connectivity index (χ4v) is 4.70. The van der Waals surface area contributed by atoms with Gasteiger partial charge in [0, 0.05) is 57.1 Å². The van der Waals surface area contributed by atoms with Crippen LogP contribution in [0.1, 0.15) is 24.1 Å². The maximum Gasteiger partial charge on any atom is 0.227 e. The van der Waals surface area contributed by atoms with Crippen LogP contribution in [0.5, 0.6) is 0 Å². The lowest BCUT2D eigenvalue weighted by Gasteiger charge is -2.26. The van der Waals surface area contributed by atoms with Crippen LogP contribution in [-0.4, -0.2) is 70.1 Å². The largest absolute Gasteiger partial charge is 0.379 e. The molecular formula is C26H29N9O2. The number of ether oxygens (including phenoxy) is 1. The van der Waals surface area contributed by atoms with Gasteiger partial charge in [0.1, 0.15) is 11.9 Å². The van der Waals surface area contributed by atoms with Crippen LogP contribution in [-0.2, 0) is 16.1 Å². The van der Waals surface area contributed by atoms with Crippen molar-refractivity contribution in [3.05, 3.63) is 54.1 Å². The van der Waals surface area contributed by atoms with Gasteiger partial charge in [-0.15, -0.1) is 0 Å². The van der Waals surface area contributed by atoms with E-state index in [1.54, 1.807) is 30.7 Å². The molecule has 11 heteroatoms. The van der Waals surface area contributed by atoms with E-state index in [0.29, 0.717) is 36.0 Å². The third kappa shape index (κ3) is 6.17. The van der Waals surface area contributed by atoms with Crippen molar-refractivity contribution in [2.45, 2.75) is 19.4 Å². The molecule has 3 N–H and O–H groups in total. The number of anilines is 3. The highest BCUT2D eigenvalue weighted by molar-refractivity contribution is 5.74. The predicted octanol–water partition coefficient (Wildman–Crippen LogP) is 2.08. The lowest BCUT2D eigenvalue weighted by atomic mass is 10.1. The van der Waals surface area contributed by atoms with Gasteiger partial charge in [-0.3, -0.25) is 14.7 Å². The number of primary amides is 1. The molecule has 1 amide bonds. The quantitative estimate of drug-likeness (QED) is 0.472. The molecule has 3 aromatic heterocycles. The molecule has 2 saturated heterocycles. The third-order valence-corrected chi connectivity index (χ3v) is 6.58. The zero-order valence-corrected chi connectivity index (χ0v) is 20.5. The van der Waals surface area contributed by atoms with E-state index in [0.717, 1.165) is 62.8 Å². The number of morpholine rings is 1. The summed E-state index contributed by atoms with van der Waals surface area (Å²) in [6.07, 6.45) is 6.35. The molecule has 0 spiro atoms. The molecule has 0 radical (unpaired) electrons. The Labute approximate surface area is 215 Å². The topological polar surface area (TPSA) is 146 Å². The minimum Gasteiger partial charge on any atom is -0.379 e. The molecule has 0 bridgehead atoms. The molecule has 0 saturated carbocycles. The number of aromatic nitrogens is 4. The van der Waals surface area contributed by atoms with Crippen molar-refractivity contribution in [2.24, 2.45) is 11.7 Å². The highest BCUT2D eigenvalue weighted by Crippen LogP contribution is 2.29. The second kappa shape index (κ2) is 11.3. The minimum atomic E-state index is -0.302. The third-order valence-electron chi connectivity index (χ3n) is 6.58. The Morgan fingerprint density at radius 3 is 2.78 bits per heavy atom. The summed E-state index contributed by atoms with van der Waals surface area (Å²) < 4.78 is 5.40. The van der Waals surface area contributed by atoms with Crippen LogP contribution in [0, 0.1) is 17.2 Å². The number of nitrogens with one attached hydrogen (secondary N) is 1. The van der Waals surface area contributed by atoms with Crippen molar-refractivity contribution in [3.63, 3.8) is 0 Å². The summed E-state index contributed by atoms with van der Waals surface area (Å²) in [7, 11) is 0. The normalized spacial score (nSPS) is 17.9. The molecule has 1 atom stereocenters. The first-order valence-corrected chi connectivity index (χ1v) is 12.4. The molecule has 11 nitrogen and oxygen atoms in total. The minimum absolute atomic E-state index is 0.184. The maximum absolute atomic E-state index is 11.3. The molecule has 5 heterocycles. The van der Waals surface area contributed by atoms with Crippen molar-refractivity contribution < 1.29 is 9.53 Å². The Balaban J connectivity index is 1.26. The van der Waals surface area contributed by atoms with Gasteiger partial charge in [-0.2, -0.15) is 5.26 Å². The van der Waals surface area contributed by atoms with E-state index < -0.39 is 0 Å². The van der Waals surface area contributed by atoms with E-state index in [1.165, 1.54) is 0 Å². The zero-order chi connectivity index (χ0) is 25.6. The number of pyridine rings is 2. The average Bonchev–Trinajstić information content (AvgIpc) is 3.38.